The van der Waals surface area contributed by atoms with Crippen LogP contribution in [0.3, 0.4) is 0 Å². The molecule has 1 aromatic heterocycles. The number of hydrogen-bond acceptors (Lipinski definition) is 4. The summed E-state index contributed by atoms with van der Waals surface area (Å²) >= 11 is 0. The minimum absolute atomic E-state index is 0.00365. The number of likely N-dealkylation sites (tertiary alicyclic amines) is 1. The van der Waals surface area contributed by atoms with E-state index in [1.54, 1.807) is 0 Å². The lowest BCUT2D eigenvalue weighted by atomic mass is 10.1. The van der Waals surface area contributed by atoms with Gasteiger partial charge < -0.3 is 9.64 Å². The smallest absolute Gasteiger partial charge is 0.317 e. The average Bonchev–Trinajstić information content (AvgIpc) is 2.37. The van der Waals surface area contributed by atoms with Crippen LogP contribution in [-0.2, 0) is 4.79 Å². The lowest BCUT2D eigenvalue weighted by Gasteiger charge is -2.32. The van der Waals surface area contributed by atoms with Crippen LogP contribution < -0.4 is 4.74 Å². The van der Waals surface area contributed by atoms with Gasteiger partial charge in [-0.3, -0.25) is 4.79 Å². The molecule has 1 unspecified atom stereocenters. The average molecular weight is 291 g/mol. The molecule has 1 aliphatic heterocycles. The lowest BCUT2D eigenvalue weighted by molar-refractivity contribution is -0.134. The van der Waals surface area contributed by atoms with Crippen LogP contribution in [0.15, 0.2) is 6.07 Å². The van der Waals surface area contributed by atoms with Gasteiger partial charge in [0.1, 0.15) is 6.10 Å². The van der Waals surface area contributed by atoms with E-state index in [4.69, 9.17) is 4.74 Å². The molecule has 1 aromatic rings. The number of aryl methyl sites for hydroxylation is 2. The van der Waals surface area contributed by atoms with Crippen molar-refractivity contribution in [2.45, 2.75) is 53.1 Å². The molecule has 0 saturated carbocycles. The zero-order chi connectivity index (χ0) is 15.4. The Labute approximate surface area is 126 Å². The van der Waals surface area contributed by atoms with Crippen LogP contribution in [0.5, 0.6) is 6.01 Å². The van der Waals surface area contributed by atoms with Crippen molar-refractivity contribution < 1.29 is 9.53 Å². The van der Waals surface area contributed by atoms with Crippen molar-refractivity contribution in [1.29, 1.82) is 0 Å². The molecule has 0 aromatic carbocycles. The largest absolute Gasteiger partial charge is 0.458 e. The normalized spacial score (nSPS) is 18.9. The van der Waals surface area contributed by atoms with E-state index < -0.39 is 0 Å². The van der Waals surface area contributed by atoms with E-state index in [0.29, 0.717) is 24.9 Å². The van der Waals surface area contributed by atoms with Gasteiger partial charge in [0.15, 0.2) is 0 Å². The van der Waals surface area contributed by atoms with Gasteiger partial charge in [0.25, 0.3) is 0 Å². The number of amides is 1. The van der Waals surface area contributed by atoms with E-state index in [1.807, 2.05) is 24.8 Å². The first-order valence-electron chi connectivity index (χ1n) is 7.70. The Kier molecular flexibility index (Phi) is 5.15. The molecule has 5 nitrogen and oxygen atoms in total. The molecular formula is C16H25N3O2. The summed E-state index contributed by atoms with van der Waals surface area (Å²) in [4.78, 5) is 22.7. The SMILES string of the molecule is Cc1cc(C)nc(OC2CCCN(C(=O)CC(C)C)C2)n1. The van der Waals surface area contributed by atoms with E-state index >= 15 is 0 Å². The Hall–Kier alpha value is -1.65. The second kappa shape index (κ2) is 6.87. The van der Waals surface area contributed by atoms with Crippen molar-refractivity contribution in [3.8, 4) is 6.01 Å². The topological polar surface area (TPSA) is 55.3 Å². The van der Waals surface area contributed by atoms with Gasteiger partial charge in [-0.05, 0) is 38.7 Å². The van der Waals surface area contributed by atoms with Crippen molar-refractivity contribution in [3.05, 3.63) is 17.5 Å². The summed E-state index contributed by atoms with van der Waals surface area (Å²) in [7, 11) is 0. The van der Waals surface area contributed by atoms with Crippen molar-refractivity contribution in [1.82, 2.24) is 14.9 Å². The van der Waals surface area contributed by atoms with Gasteiger partial charge in [0.05, 0.1) is 6.54 Å². The third-order valence-corrected chi connectivity index (χ3v) is 3.55. The molecule has 0 N–H and O–H groups in total. The van der Waals surface area contributed by atoms with Crippen LogP contribution in [0.1, 0.15) is 44.5 Å². The first-order chi connectivity index (χ1) is 9.94. The van der Waals surface area contributed by atoms with Crippen molar-refractivity contribution in [3.63, 3.8) is 0 Å². The number of hydrogen-bond donors (Lipinski definition) is 0. The number of ether oxygens (including phenoxy) is 1. The van der Waals surface area contributed by atoms with Crippen molar-refractivity contribution in [2.24, 2.45) is 5.92 Å². The third kappa shape index (κ3) is 4.69. The van der Waals surface area contributed by atoms with Crippen molar-refractivity contribution >= 4 is 5.91 Å². The summed E-state index contributed by atoms with van der Waals surface area (Å²) in [6, 6.07) is 2.35. The molecule has 116 valence electrons. The van der Waals surface area contributed by atoms with E-state index in [0.717, 1.165) is 30.8 Å². The molecule has 1 amide bonds. The fourth-order valence-corrected chi connectivity index (χ4v) is 2.63. The number of rotatable bonds is 4. The van der Waals surface area contributed by atoms with Gasteiger partial charge in [-0.25, -0.2) is 9.97 Å². The van der Waals surface area contributed by atoms with Gasteiger partial charge in [-0.1, -0.05) is 13.8 Å². The monoisotopic (exact) mass is 291 g/mol. The fourth-order valence-electron chi connectivity index (χ4n) is 2.63. The predicted octanol–water partition coefficient (Wildman–Crippen LogP) is 2.51. The molecule has 0 bridgehead atoms. The maximum Gasteiger partial charge on any atom is 0.317 e. The van der Waals surface area contributed by atoms with E-state index in [2.05, 4.69) is 23.8 Å². The highest BCUT2D eigenvalue weighted by molar-refractivity contribution is 5.76. The predicted molar refractivity (Wildman–Crippen MR) is 81.2 cm³/mol. The van der Waals surface area contributed by atoms with Crippen LogP contribution in [0.25, 0.3) is 0 Å². The first-order valence-corrected chi connectivity index (χ1v) is 7.70. The fraction of sp³-hybridized carbons (Fsp3) is 0.688. The zero-order valence-electron chi connectivity index (χ0n) is 13.4. The van der Waals surface area contributed by atoms with Crippen molar-refractivity contribution in [2.75, 3.05) is 13.1 Å². The van der Waals surface area contributed by atoms with Crippen LogP contribution >= 0.6 is 0 Å². The maximum absolute atomic E-state index is 12.2. The standard InChI is InChI=1S/C16H25N3O2/c1-11(2)8-15(20)19-7-5-6-14(10-19)21-16-17-12(3)9-13(4)18-16/h9,11,14H,5-8,10H2,1-4H3. The van der Waals surface area contributed by atoms with Gasteiger partial charge in [0.2, 0.25) is 5.91 Å². The first kappa shape index (κ1) is 15.7. The molecule has 2 heterocycles. The molecule has 1 fully saturated rings. The molecular weight excluding hydrogens is 266 g/mol. The Balaban J connectivity index is 1.96. The molecule has 1 atom stereocenters. The molecule has 1 aliphatic rings. The molecule has 0 spiro atoms. The van der Waals surface area contributed by atoms with E-state index in [-0.39, 0.29) is 12.0 Å². The summed E-state index contributed by atoms with van der Waals surface area (Å²) in [5, 5.41) is 0. The molecule has 21 heavy (non-hydrogen) atoms. The highest BCUT2D eigenvalue weighted by Crippen LogP contribution is 2.18. The minimum Gasteiger partial charge on any atom is -0.458 e. The summed E-state index contributed by atoms with van der Waals surface area (Å²) in [5.74, 6) is 0.612. The Morgan fingerprint density at radius 2 is 2.05 bits per heavy atom. The summed E-state index contributed by atoms with van der Waals surface area (Å²) in [6.07, 6.45) is 2.52. The van der Waals surface area contributed by atoms with Gasteiger partial charge in [-0.2, -0.15) is 0 Å². The quantitative estimate of drug-likeness (QED) is 0.855. The van der Waals surface area contributed by atoms with Gasteiger partial charge in [0, 0.05) is 24.4 Å². The van der Waals surface area contributed by atoms with Crippen LogP contribution in [-0.4, -0.2) is 40.0 Å². The second-order valence-electron chi connectivity index (χ2n) is 6.25. The van der Waals surface area contributed by atoms with Crippen LogP contribution in [0.4, 0.5) is 0 Å². The van der Waals surface area contributed by atoms with Crippen LogP contribution in [0, 0.1) is 19.8 Å². The summed E-state index contributed by atoms with van der Waals surface area (Å²) < 4.78 is 5.89. The van der Waals surface area contributed by atoms with Gasteiger partial charge in [-0.15, -0.1) is 0 Å². The van der Waals surface area contributed by atoms with Crippen LogP contribution in [0.2, 0.25) is 0 Å². The minimum atomic E-state index is -0.00365. The number of aromatic nitrogens is 2. The number of carbonyl (C=O) groups is 1. The zero-order valence-corrected chi connectivity index (χ0v) is 13.4. The van der Waals surface area contributed by atoms with E-state index in [9.17, 15) is 4.79 Å². The summed E-state index contributed by atoms with van der Waals surface area (Å²) in [5.41, 5.74) is 1.81. The number of piperidine rings is 1. The Morgan fingerprint density at radius 1 is 1.38 bits per heavy atom. The lowest BCUT2D eigenvalue weighted by Crippen LogP contribution is -2.44. The Bertz CT molecular complexity index is 482. The molecule has 2 rings (SSSR count). The Morgan fingerprint density at radius 3 is 2.67 bits per heavy atom. The molecule has 1 saturated heterocycles. The highest BCUT2D eigenvalue weighted by atomic mass is 16.5. The maximum atomic E-state index is 12.2. The van der Waals surface area contributed by atoms with Gasteiger partial charge >= 0.3 is 6.01 Å². The number of nitrogens with zero attached hydrogens (tertiary/aromatic N) is 3. The highest BCUT2D eigenvalue weighted by Gasteiger charge is 2.25. The molecule has 5 heteroatoms. The number of carbonyl (C=O) groups excluding carboxylic acids is 1. The molecule has 0 aliphatic carbocycles. The molecule has 0 radical (unpaired) electrons. The second-order valence-corrected chi connectivity index (χ2v) is 6.25. The third-order valence-electron chi connectivity index (χ3n) is 3.55. The summed E-state index contributed by atoms with van der Waals surface area (Å²) in [6.45, 7) is 9.47. The van der Waals surface area contributed by atoms with E-state index in [1.165, 1.54) is 0 Å².